The number of halogens is 1. The van der Waals surface area contributed by atoms with Crippen LogP contribution in [0, 0.1) is 11.3 Å². The van der Waals surface area contributed by atoms with Gasteiger partial charge in [0.25, 0.3) is 0 Å². The lowest BCUT2D eigenvalue weighted by molar-refractivity contribution is -0.121. The molecule has 160 valence electrons. The molecule has 0 fully saturated rings. The van der Waals surface area contributed by atoms with Gasteiger partial charge < -0.3 is 20.1 Å². The second-order valence-electron chi connectivity index (χ2n) is 6.56. The average Bonchev–Trinajstić information content (AvgIpc) is 2.78. The van der Waals surface area contributed by atoms with Crippen molar-refractivity contribution in [3.05, 3.63) is 63.7 Å². The van der Waals surface area contributed by atoms with Gasteiger partial charge in [-0.2, -0.15) is 5.26 Å². The van der Waals surface area contributed by atoms with Crippen molar-refractivity contribution in [2.45, 2.75) is 12.3 Å². The molecule has 0 saturated carbocycles. The molecule has 0 saturated heterocycles. The molecule has 0 radical (unpaired) electrons. The Bertz CT molecular complexity index is 1080. The molecule has 0 spiro atoms. The van der Waals surface area contributed by atoms with Crippen LogP contribution in [0.1, 0.15) is 17.9 Å². The monoisotopic (exact) mass is 457 g/mol. The first-order chi connectivity index (χ1) is 15.0. The number of nitrogens with one attached hydrogen (secondary N) is 2. The van der Waals surface area contributed by atoms with Gasteiger partial charge in [0.15, 0.2) is 11.5 Å². The van der Waals surface area contributed by atoms with Gasteiger partial charge in [0.1, 0.15) is 0 Å². The molecule has 1 aliphatic rings. The predicted molar refractivity (Wildman–Crippen MR) is 120 cm³/mol. The third-order valence-corrected chi connectivity index (χ3v) is 6.01. The number of para-hydroxylation sites is 2. The molecule has 3 rings (SSSR count). The first-order valence-corrected chi connectivity index (χ1v) is 10.7. The van der Waals surface area contributed by atoms with E-state index in [0.717, 1.165) is 11.8 Å². The smallest absolute Gasteiger partial charge is 0.234 e. The molecule has 2 amide bonds. The molecular weight excluding hydrogens is 438 g/mol. The maximum Gasteiger partial charge on any atom is 0.234 e. The highest BCUT2D eigenvalue weighted by Crippen LogP contribution is 2.43. The molecular formula is C22H20ClN3O4S. The zero-order valence-corrected chi connectivity index (χ0v) is 18.5. The zero-order valence-electron chi connectivity index (χ0n) is 16.9. The topological polar surface area (TPSA) is 100 Å². The minimum atomic E-state index is -0.516. The van der Waals surface area contributed by atoms with E-state index in [1.165, 1.54) is 14.2 Å². The van der Waals surface area contributed by atoms with Crippen molar-refractivity contribution in [2.75, 3.05) is 25.3 Å². The summed E-state index contributed by atoms with van der Waals surface area (Å²) in [5, 5.41) is 16.1. The second-order valence-corrected chi connectivity index (χ2v) is 7.95. The lowest BCUT2D eigenvalue weighted by atomic mass is 9.86. The van der Waals surface area contributed by atoms with Crippen LogP contribution in [-0.4, -0.2) is 31.8 Å². The fourth-order valence-corrected chi connectivity index (χ4v) is 4.33. The Kier molecular flexibility index (Phi) is 7.45. The molecule has 1 atom stereocenters. The minimum Gasteiger partial charge on any atom is -0.493 e. The first kappa shape index (κ1) is 22.5. The maximum atomic E-state index is 12.4. The van der Waals surface area contributed by atoms with Crippen LogP contribution in [0.3, 0.4) is 0 Å². The van der Waals surface area contributed by atoms with Crippen LogP contribution in [-0.2, 0) is 9.59 Å². The van der Waals surface area contributed by atoms with Gasteiger partial charge in [0.2, 0.25) is 11.8 Å². The summed E-state index contributed by atoms with van der Waals surface area (Å²) in [5.74, 6) is -0.0950. The average molecular weight is 458 g/mol. The number of allylic oxidation sites excluding steroid dienone is 1. The highest BCUT2D eigenvalue weighted by Gasteiger charge is 2.32. The number of hydrogen-bond acceptors (Lipinski definition) is 6. The molecule has 9 heteroatoms. The van der Waals surface area contributed by atoms with Gasteiger partial charge in [0, 0.05) is 17.9 Å². The molecule has 0 aliphatic carbocycles. The van der Waals surface area contributed by atoms with Crippen molar-refractivity contribution in [3.63, 3.8) is 0 Å². The van der Waals surface area contributed by atoms with Crippen LogP contribution in [0.4, 0.5) is 5.69 Å². The van der Waals surface area contributed by atoms with Gasteiger partial charge in [-0.3, -0.25) is 9.59 Å². The largest absolute Gasteiger partial charge is 0.493 e. The number of ether oxygens (including phenoxy) is 2. The number of anilines is 1. The zero-order chi connectivity index (χ0) is 22.4. The highest BCUT2D eigenvalue weighted by molar-refractivity contribution is 8.03. The number of benzene rings is 2. The Morgan fingerprint density at radius 1 is 1.26 bits per heavy atom. The number of thioether (sulfide) groups is 1. The normalized spacial score (nSPS) is 15.7. The van der Waals surface area contributed by atoms with Crippen molar-refractivity contribution < 1.29 is 19.1 Å². The molecule has 1 unspecified atom stereocenters. The van der Waals surface area contributed by atoms with E-state index in [1.807, 2.05) is 0 Å². The van der Waals surface area contributed by atoms with E-state index in [0.29, 0.717) is 38.4 Å². The number of hydrogen-bond donors (Lipinski definition) is 2. The summed E-state index contributed by atoms with van der Waals surface area (Å²) in [4.78, 5) is 24.8. The Labute approximate surface area is 189 Å². The van der Waals surface area contributed by atoms with Crippen molar-refractivity contribution in [1.29, 1.82) is 5.26 Å². The second kappa shape index (κ2) is 10.2. The Balaban J connectivity index is 1.85. The SMILES string of the molecule is COc1cccc(C2CC(=O)NC(SCC(=O)Nc3ccccc3Cl)=C2C#N)c1OC. The molecule has 31 heavy (non-hydrogen) atoms. The van der Waals surface area contributed by atoms with Crippen molar-refractivity contribution in [3.8, 4) is 17.6 Å². The number of carbonyl (C=O) groups is 2. The van der Waals surface area contributed by atoms with Gasteiger partial charge >= 0.3 is 0 Å². The van der Waals surface area contributed by atoms with E-state index in [9.17, 15) is 14.9 Å². The molecule has 2 aromatic carbocycles. The van der Waals surface area contributed by atoms with E-state index in [1.54, 1.807) is 42.5 Å². The predicted octanol–water partition coefficient (Wildman–Crippen LogP) is 4.07. The Morgan fingerprint density at radius 2 is 2.03 bits per heavy atom. The lowest BCUT2D eigenvalue weighted by Crippen LogP contribution is -2.31. The molecule has 2 N–H and O–H groups in total. The van der Waals surface area contributed by atoms with Crippen LogP contribution < -0.4 is 20.1 Å². The van der Waals surface area contributed by atoms with E-state index in [4.69, 9.17) is 21.1 Å². The molecule has 7 nitrogen and oxygen atoms in total. The van der Waals surface area contributed by atoms with Crippen molar-refractivity contribution >= 4 is 40.9 Å². The molecule has 1 aliphatic heterocycles. The first-order valence-electron chi connectivity index (χ1n) is 9.30. The van der Waals surface area contributed by atoms with Crippen LogP contribution in [0.25, 0.3) is 0 Å². The Morgan fingerprint density at radius 3 is 2.71 bits per heavy atom. The number of nitrogens with zero attached hydrogens (tertiary/aromatic N) is 1. The Hall–Kier alpha value is -3.15. The fourth-order valence-electron chi connectivity index (χ4n) is 3.27. The summed E-state index contributed by atoms with van der Waals surface area (Å²) >= 11 is 7.16. The van der Waals surface area contributed by atoms with Gasteiger partial charge in [-0.15, -0.1) is 0 Å². The summed E-state index contributed by atoms with van der Waals surface area (Å²) in [5.41, 5.74) is 1.53. The third kappa shape index (κ3) is 5.13. The molecule has 1 heterocycles. The number of amides is 2. The summed E-state index contributed by atoms with van der Waals surface area (Å²) in [6.07, 6.45) is 0.0856. The number of nitriles is 1. The van der Waals surface area contributed by atoms with Gasteiger partial charge in [-0.05, 0) is 18.2 Å². The van der Waals surface area contributed by atoms with E-state index in [2.05, 4.69) is 16.7 Å². The standard InChI is InChI=1S/C22H20ClN3O4S/c1-29-18-9-5-6-13(21(18)30-2)14-10-19(27)26-22(15(14)11-24)31-12-20(28)25-17-8-4-3-7-16(17)23/h3-9,14H,10,12H2,1-2H3,(H,25,28)(H,26,27). The van der Waals surface area contributed by atoms with Crippen LogP contribution in [0.5, 0.6) is 11.5 Å². The van der Waals surface area contributed by atoms with E-state index < -0.39 is 5.92 Å². The third-order valence-electron chi connectivity index (χ3n) is 4.66. The summed E-state index contributed by atoms with van der Waals surface area (Å²) in [6.45, 7) is 0. The molecule has 0 bridgehead atoms. The summed E-state index contributed by atoms with van der Waals surface area (Å²) in [7, 11) is 3.03. The molecule has 2 aromatic rings. The minimum absolute atomic E-state index is 0.00597. The van der Waals surface area contributed by atoms with Gasteiger partial charge in [-0.1, -0.05) is 47.6 Å². The van der Waals surface area contributed by atoms with Gasteiger partial charge in [0.05, 0.1) is 47.4 Å². The number of methoxy groups -OCH3 is 2. The quantitative estimate of drug-likeness (QED) is 0.650. The fraction of sp³-hybridized carbons (Fsp3) is 0.227. The van der Waals surface area contributed by atoms with Crippen LogP contribution in [0.2, 0.25) is 5.02 Å². The van der Waals surface area contributed by atoms with E-state index in [-0.39, 0.29) is 24.0 Å². The van der Waals surface area contributed by atoms with Crippen LogP contribution >= 0.6 is 23.4 Å². The number of carbonyl (C=O) groups excluding carboxylic acids is 2. The summed E-state index contributed by atoms with van der Waals surface area (Å²) < 4.78 is 10.8. The van der Waals surface area contributed by atoms with Crippen molar-refractivity contribution in [1.82, 2.24) is 5.32 Å². The molecule has 0 aromatic heterocycles. The highest BCUT2D eigenvalue weighted by atomic mass is 35.5. The maximum absolute atomic E-state index is 12.4. The van der Waals surface area contributed by atoms with Crippen LogP contribution in [0.15, 0.2) is 53.1 Å². The van der Waals surface area contributed by atoms with E-state index >= 15 is 0 Å². The van der Waals surface area contributed by atoms with Crippen molar-refractivity contribution in [2.24, 2.45) is 0 Å². The van der Waals surface area contributed by atoms with Gasteiger partial charge in [-0.25, -0.2) is 0 Å². The summed E-state index contributed by atoms with van der Waals surface area (Å²) in [6, 6.07) is 14.4. The lowest BCUT2D eigenvalue weighted by Gasteiger charge is -2.26. The number of rotatable bonds is 7.